The van der Waals surface area contributed by atoms with Gasteiger partial charge in [0.1, 0.15) is 5.82 Å². The summed E-state index contributed by atoms with van der Waals surface area (Å²) >= 11 is 0. The number of benzene rings is 1. The number of methoxy groups -OCH3 is 1. The zero-order chi connectivity index (χ0) is 22.8. The molecule has 2 saturated heterocycles. The van der Waals surface area contributed by atoms with Crippen molar-refractivity contribution in [3.8, 4) is 0 Å². The molecule has 1 aromatic carbocycles. The zero-order valence-corrected chi connectivity index (χ0v) is 19.4. The Morgan fingerprint density at radius 3 is 2.64 bits per heavy atom. The predicted octanol–water partition coefficient (Wildman–Crippen LogP) is 2.48. The van der Waals surface area contributed by atoms with E-state index in [1.54, 1.807) is 11.8 Å². The van der Waals surface area contributed by atoms with Crippen LogP contribution < -0.4 is 5.69 Å². The molecule has 5 rings (SSSR count). The summed E-state index contributed by atoms with van der Waals surface area (Å²) in [6, 6.07) is 10.4. The Hall–Kier alpha value is -2.45. The summed E-state index contributed by atoms with van der Waals surface area (Å²) in [5.74, 6) is 1.12. The van der Waals surface area contributed by atoms with Crippen LogP contribution in [-0.4, -0.2) is 65.2 Å². The Kier molecular flexibility index (Phi) is 6.38. The molecule has 1 saturated carbocycles. The number of rotatable bonds is 7. The number of carbonyl (C=O) groups excluding carboxylic acids is 1. The monoisotopic (exact) mass is 454 g/mol. The summed E-state index contributed by atoms with van der Waals surface area (Å²) in [6.07, 6.45) is 5.32. The van der Waals surface area contributed by atoms with Crippen molar-refractivity contribution in [1.82, 2.24) is 19.2 Å². The molecule has 3 fully saturated rings. The zero-order valence-electron chi connectivity index (χ0n) is 19.4. The number of hydrogen-bond acceptors (Lipinski definition) is 5. The van der Waals surface area contributed by atoms with E-state index in [1.807, 2.05) is 27.7 Å². The van der Waals surface area contributed by atoms with Gasteiger partial charge in [0.05, 0.1) is 18.6 Å². The van der Waals surface area contributed by atoms with Crippen LogP contribution in [-0.2, 0) is 26.2 Å². The summed E-state index contributed by atoms with van der Waals surface area (Å²) in [5, 5.41) is 4.74. The number of likely N-dealkylation sites (tertiary alicyclic amines) is 1. The van der Waals surface area contributed by atoms with Crippen molar-refractivity contribution in [3.63, 3.8) is 0 Å². The molecule has 1 amide bonds. The molecule has 0 radical (unpaired) electrons. The molecule has 3 heterocycles. The third kappa shape index (κ3) is 4.26. The molecular weight excluding hydrogens is 420 g/mol. The molecule has 8 nitrogen and oxygen atoms in total. The van der Waals surface area contributed by atoms with Gasteiger partial charge >= 0.3 is 5.69 Å². The fraction of sp³-hybridized carbons (Fsp3) is 0.640. The topological polar surface area (TPSA) is 78.6 Å². The maximum absolute atomic E-state index is 14.1. The number of amides is 1. The molecule has 3 aliphatic rings. The van der Waals surface area contributed by atoms with Crippen molar-refractivity contribution in [2.45, 2.75) is 62.4 Å². The van der Waals surface area contributed by atoms with Gasteiger partial charge < -0.3 is 14.4 Å². The maximum atomic E-state index is 14.1. The summed E-state index contributed by atoms with van der Waals surface area (Å²) in [5.41, 5.74) is 0.507. The lowest BCUT2D eigenvalue weighted by atomic mass is 9.72. The fourth-order valence-electron chi connectivity index (χ4n) is 5.49. The number of piperidine rings is 1. The summed E-state index contributed by atoms with van der Waals surface area (Å²) in [6.45, 7) is 3.48. The van der Waals surface area contributed by atoms with Crippen LogP contribution >= 0.6 is 0 Å². The van der Waals surface area contributed by atoms with E-state index in [0.29, 0.717) is 45.8 Å². The molecule has 1 unspecified atom stereocenters. The highest BCUT2D eigenvalue weighted by Gasteiger charge is 2.45. The van der Waals surface area contributed by atoms with Gasteiger partial charge in [-0.15, -0.1) is 0 Å². The molecule has 0 spiro atoms. The van der Waals surface area contributed by atoms with E-state index < -0.39 is 5.41 Å². The van der Waals surface area contributed by atoms with E-state index in [4.69, 9.17) is 14.6 Å². The van der Waals surface area contributed by atoms with E-state index >= 15 is 0 Å². The van der Waals surface area contributed by atoms with Crippen molar-refractivity contribution >= 4 is 5.91 Å². The van der Waals surface area contributed by atoms with E-state index in [0.717, 1.165) is 43.6 Å². The lowest BCUT2D eigenvalue weighted by Gasteiger charge is -2.42. The second-order valence-electron chi connectivity index (χ2n) is 9.61. The average Bonchev–Trinajstić information content (AvgIpc) is 3.66. The SMILES string of the molecule is COCCn1nc(C2CCCN(C(=O)C3(c4ccccc4)CCOCC3)C2)n(C2CC2)c1=O. The molecule has 1 aromatic heterocycles. The molecule has 1 atom stereocenters. The smallest absolute Gasteiger partial charge is 0.346 e. The lowest BCUT2D eigenvalue weighted by Crippen LogP contribution is -2.52. The van der Waals surface area contributed by atoms with Gasteiger partial charge in [0.2, 0.25) is 5.91 Å². The highest BCUT2D eigenvalue weighted by atomic mass is 16.5. The molecular formula is C25H34N4O4. The van der Waals surface area contributed by atoms with Gasteiger partial charge in [-0.05, 0) is 44.1 Å². The summed E-state index contributed by atoms with van der Waals surface area (Å²) < 4.78 is 14.2. The highest BCUT2D eigenvalue weighted by molar-refractivity contribution is 5.88. The molecule has 8 heteroatoms. The fourth-order valence-corrected chi connectivity index (χ4v) is 5.49. The number of hydrogen-bond donors (Lipinski definition) is 0. The molecule has 1 aliphatic carbocycles. The lowest BCUT2D eigenvalue weighted by molar-refractivity contribution is -0.142. The van der Waals surface area contributed by atoms with Crippen LogP contribution in [0.1, 0.15) is 61.9 Å². The number of aromatic nitrogens is 3. The van der Waals surface area contributed by atoms with Gasteiger partial charge in [0, 0.05) is 45.4 Å². The van der Waals surface area contributed by atoms with Gasteiger partial charge in [0.25, 0.3) is 0 Å². The molecule has 33 heavy (non-hydrogen) atoms. The van der Waals surface area contributed by atoms with Crippen LogP contribution in [0, 0.1) is 0 Å². The van der Waals surface area contributed by atoms with E-state index in [1.165, 1.54) is 0 Å². The van der Waals surface area contributed by atoms with Gasteiger partial charge in [-0.1, -0.05) is 30.3 Å². The molecule has 0 N–H and O–H groups in total. The molecule has 2 aliphatic heterocycles. The quantitative estimate of drug-likeness (QED) is 0.642. The summed E-state index contributed by atoms with van der Waals surface area (Å²) in [4.78, 5) is 29.1. The first-order valence-electron chi connectivity index (χ1n) is 12.2. The highest BCUT2D eigenvalue weighted by Crippen LogP contribution is 2.40. The largest absolute Gasteiger partial charge is 0.383 e. The van der Waals surface area contributed by atoms with Crippen molar-refractivity contribution in [2.24, 2.45) is 0 Å². The van der Waals surface area contributed by atoms with Crippen LogP contribution in [0.2, 0.25) is 0 Å². The van der Waals surface area contributed by atoms with Crippen molar-refractivity contribution < 1.29 is 14.3 Å². The number of carbonyl (C=O) groups is 1. The minimum Gasteiger partial charge on any atom is -0.383 e. The van der Waals surface area contributed by atoms with Crippen LogP contribution in [0.5, 0.6) is 0 Å². The Morgan fingerprint density at radius 2 is 1.94 bits per heavy atom. The third-order valence-corrected chi connectivity index (χ3v) is 7.47. The average molecular weight is 455 g/mol. The first-order valence-corrected chi connectivity index (χ1v) is 12.2. The van der Waals surface area contributed by atoms with Crippen molar-refractivity contribution in [2.75, 3.05) is 40.0 Å². The Labute approximate surface area is 194 Å². The number of ether oxygens (including phenoxy) is 2. The second kappa shape index (κ2) is 9.43. The van der Waals surface area contributed by atoms with E-state index in [9.17, 15) is 9.59 Å². The molecule has 2 aromatic rings. The van der Waals surface area contributed by atoms with Crippen molar-refractivity contribution in [3.05, 3.63) is 52.2 Å². The first-order chi connectivity index (χ1) is 16.1. The van der Waals surface area contributed by atoms with Gasteiger partial charge in [-0.3, -0.25) is 9.36 Å². The van der Waals surface area contributed by atoms with Gasteiger partial charge in [-0.25, -0.2) is 9.48 Å². The van der Waals surface area contributed by atoms with Gasteiger partial charge in [-0.2, -0.15) is 5.10 Å². The molecule has 178 valence electrons. The standard InChI is InChI=1S/C25H34N4O4/c1-32-17-14-28-24(31)29(21-9-10-21)22(26-28)19-6-5-13-27(18-19)23(30)25(11-15-33-16-12-25)20-7-3-2-4-8-20/h2-4,7-8,19,21H,5-6,9-18H2,1H3. The Balaban J connectivity index is 1.42. The normalized spacial score (nSPS) is 22.9. The van der Waals surface area contributed by atoms with E-state index in [2.05, 4.69) is 12.1 Å². The minimum absolute atomic E-state index is 0.0433. The van der Waals surface area contributed by atoms with Crippen LogP contribution in [0.4, 0.5) is 0 Å². The predicted molar refractivity (Wildman–Crippen MR) is 123 cm³/mol. The number of nitrogens with zero attached hydrogens (tertiary/aromatic N) is 4. The summed E-state index contributed by atoms with van der Waals surface area (Å²) in [7, 11) is 1.63. The van der Waals surface area contributed by atoms with Crippen molar-refractivity contribution in [1.29, 1.82) is 0 Å². The first kappa shape index (κ1) is 22.3. The maximum Gasteiger partial charge on any atom is 0.346 e. The van der Waals surface area contributed by atoms with E-state index in [-0.39, 0.29) is 23.6 Å². The van der Waals surface area contributed by atoms with Crippen LogP contribution in [0.25, 0.3) is 0 Å². The van der Waals surface area contributed by atoms with Crippen LogP contribution in [0.3, 0.4) is 0 Å². The van der Waals surface area contributed by atoms with Gasteiger partial charge in [0.15, 0.2) is 0 Å². The molecule has 0 bridgehead atoms. The third-order valence-electron chi connectivity index (χ3n) is 7.47. The second-order valence-corrected chi connectivity index (χ2v) is 9.61. The van der Waals surface area contributed by atoms with Crippen LogP contribution in [0.15, 0.2) is 35.1 Å². The Bertz CT molecular complexity index is 1020. The Morgan fingerprint density at radius 1 is 1.18 bits per heavy atom. The minimum atomic E-state index is -0.532.